The number of hydrogen-bond donors (Lipinski definition) is 1. The Morgan fingerprint density at radius 1 is 1.08 bits per heavy atom. The highest BCUT2D eigenvalue weighted by Gasteiger charge is 2.09. The van der Waals surface area contributed by atoms with Crippen LogP contribution in [0.1, 0.15) is 6.42 Å². The fourth-order valence-corrected chi connectivity index (χ4v) is 4.03. The van der Waals surface area contributed by atoms with Crippen molar-refractivity contribution in [2.24, 2.45) is 0 Å². The zero-order chi connectivity index (χ0) is 16.9. The molecule has 0 saturated heterocycles. The molecule has 3 heterocycles. The third-order valence-corrected chi connectivity index (χ3v) is 5.61. The Kier molecular flexibility index (Phi) is 4.89. The van der Waals surface area contributed by atoms with Crippen molar-refractivity contribution < 1.29 is 0 Å². The predicted octanol–water partition coefficient (Wildman–Crippen LogP) is 3.84. The topological polar surface area (TPSA) is 68.0 Å². The van der Waals surface area contributed by atoms with Crippen molar-refractivity contribution in [2.75, 3.05) is 17.6 Å². The lowest BCUT2D eigenvalue weighted by Gasteiger charge is -2.06. The standard InChI is InChI=1S/C17H16N6S2/c1-2-5-13(6-3-1)16-21-20-15-8-7-14(22-23(15)16)18-9-4-11-24-17-19-10-12-25-17/h1-3,5-8,10,12H,4,9,11H2,(H,18,22). The lowest BCUT2D eigenvalue weighted by Crippen LogP contribution is -2.07. The Bertz CT molecular complexity index is 936. The monoisotopic (exact) mass is 368 g/mol. The number of fused-ring (bicyclic) bond motifs is 1. The molecule has 8 heteroatoms. The molecule has 0 unspecified atom stereocenters. The van der Waals surface area contributed by atoms with Crippen molar-refractivity contribution in [3.8, 4) is 11.4 Å². The molecule has 0 amide bonds. The predicted molar refractivity (Wildman–Crippen MR) is 102 cm³/mol. The van der Waals surface area contributed by atoms with Gasteiger partial charge in [0.15, 0.2) is 11.5 Å². The van der Waals surface area contributed by atoms with E-state index < -0.39 is 0 Å². The van der Waals surface area contributed by atoms with Crippen LogP contribution in [-0.4, -0.2) is 37.1 Å². The molecule has 0 fully saturated rings. The third-order valence-electron chi connectivity index (χ3n) is 3.56. The molecule has 4 rings (SSSR count). The van der Waals surface area contributed by atoms with Crippen LogP contribution in [-0.2, 0) is 0 Å². The van der Waals surface area contributed by atoms with Gasteiger partial charge in [-0.05, 0) is 18.6 Å². The normalized spacial score (nSPS) is 11.0. The number of nitrogens with zero attached hydrogens (tertiary/aromatic N) is 5. The van der Waals surface area contributed by atoms with Gasteiger partial charge in [0.05, 0.1) is 0 Å². The second-order valence-corrected chi connectivity index (χ2v) is 7.54. The molecule has 1 aromatic carbocycles. The van der Waals surface area contributed by atoms with Crippen LogP contribution in [0, 0.1) is 0 Å². The summed E-state index contributed by atoms with van der Waals surface area (Å²) in [6.07, 6.45) is 2.88. The molecule has 25 heavy (non-hydrogen) atoms. The quantitative estimate of drug-likeness (QED) is 0.395. The van der Waals surface area contributed by atoms with E-state index in [4.69, 9.17) is 0 Å². The molecular formula is C17H16N6S2. The molecule has 0 aliphatic carbocycles. The molecule has 1 N–H and O–H groups in total. The van der Waals surface area contributed by atoms with E-state index >= 15 is 0 Å². The van der Waals surface area contributed by atoms with Gasteiger partial charge in [-0.2, -0.15) is 4.52 Å². The van der Waals surface area contributed by atoms with Crippen LogP contribution >= 0.6 is 23.1 Å². The van der Waals surface area contributed by atoms with Crippen LogP contribution in [0.5, 0.6) is 0 Å². The van der Waals surface area contributed by atoms with Crippen LogP contribution in [0.3, 0.4) is 0 Å². The van der Waals surface area contributed by atoms with Crippen molar-refractivity contribution in [1.82, 2.24) is 24.8 Å². The maximum Gasteiger partial charge on any atom is 0.185 e. The number of rotatable bonds is 7. The van der Waals surface area contributed by atoms with Gasteiger partial charge in [-0.1, -0.05) is 42.1 Å². The summed E-state index contributed by atoms with van der Waals surface area (Å²) in [6.45, 7) is 0.861. The van der Waals surface area contributed by atoms with E-state index in [0.29, 0.717) is 0 Å². The number of benzene rings is 1. The number of nitrogens with one attached hydrogen (secondary N) is 1. The summed E-state index contributed by atoms with van der Waals surface area (Å²) in [5, 5.41) is 18.4. The Hall–Kier alpha value is -2.45. The van der Waals surface area contributed by atoms with Crippen molar-refractivity contribution >= 4 is 34.6 Å². The lowest BCUT2D eigenvalue weighted by molar-refractivity contribution is 0.909. The highest BCUT2D eigenvalue weighted by Crippen LogP contribution is 2.21. The molecule has 6 nitrogen and oxygen atoms in total. The number of thioether (sulfide) groups is 1. The Morgan fingerprint density at radius 3 is 2.84 bits per heavy atom. The Morgan fingerprint density at radius 2 is 2.00 bits per heavy atom. The molecular weight excluding hydrogens is 352 g/mol. The Labute approximate surface area is 153 Å². The van der Waals surface area contributed by atoms with Gasteiger partial charge in [-0.3, -0.25) is 0 Å². The van der Waals surface area contributed by atoms with Crippen LogP contribution in [0.25, 0.3) is 17.0 Å². The zero-order valence-corrected chi connectivity index (χ0v) is 15.0. The SMILES string of the molecule is c1ccc(-c2nnc3ccc(NCCCSc4nccs4)nn23)cc1. The van der Waals surface area contributed by atoms with Crippen molar-refractivity contribution in [2.45, 2.75) is 10.8 Å². The van der Waals surface area contributed by atoms with E-state index in [9.17, 15) is 0 Å². The molecule has 0 bridgehead atoms. The zero-order valence-electron chi connectivity index (χ0n) is 13.4. The van der Waals surface area contributed by atoms with Crippen LogP contribution in [0.15, 0.2) is 58.4 Å². The van der Waals surface area contributed by atoms with Gasteiger partial charge in [0.25, 0.3) is 0 Å². The van der Waals surface area contributed by atoms with Gasteiger partial charge in [0.1, 0.15) is 10.2 Å². The number of hydrogen-bond acceptors (Lipinski definition) is 7. The average Bonchev–Trinajstić information content (AvgIpc) is 3.31. The van der Waals surface area contributed by atoms with Gasteiger partial charge < -0.3 is 5.32 Å². The first kappa shape index (κ1) is 16.0. The van der Waals surface area contributed by atoms with Gasteiger partial charge in [0, 0.05) is 29.4 Å². The van der Waals surface area contributed by atoms with E-state index in [-0.39, 0.29) is 0 Å². The highest BCUT2D eigenvalue weighted by molar-refractivity contribution is 8.00. The van der Waals surface area contributed by atoms with E-state index in [2.05, 4.69) is 25.6 Å². The lowest BCUT2D eigenvalue weighted by atomic mass is 10.2. The molecule has 0 saturated carbocycles. The summed E-state index contributed by atoms with van der Waals surface area (Å²) in [6, 6.07) is 13.8. The van der Waals surface area contributed by atoms with Crippen molar-refractivity contribution in [3.63, 3.8) is 0 Å². The first-order chi connectivity index (χ1) is 12.4. The fraction of sp³-hybridized carbons (Fsp3) is 0.176. The van der Waals surface area contributed by atoms with Crippen LogP contribution in [0.2, 0.25) is 0 Å². The first-order valence-corrected chi connectivity index (χ1v) is 9.81. The third kappa shape index (κ3) is 3.80. The largest absolute Gasteiger partial charge is 0.369 e. The maximum atomic E-state index is 4.62. The van der Waals surface area contributed by atoms with Gasteiger partial charge >= 0.3 is 0 Å². The molecule has 0 aliphatic heterocycles. The molecule has 0 radical (unpaired) electrons. The smallest absolute Gasteiger partial charge is 0.185 e. The number of thiazole rings is 1. The van der Waals surface area contributed by atoms with Gasteiger partial charge in [-0.15, -0.1) is 26.6 Å². The Balaban J connectivity index is 1.40. The van der Waals surface area contributed by atoms with E-state index in [1.54, 1.807) is 27.6 Å². The summed E-state index contributed by atoms with van der Waals surface area (Å²) in [5.74, 6) is 2.60. The fourth-order valence-electron chi connectivity index (χ4n) is 2.38. The molecule has 0 aliphatic rings. The molecule has 4 aromatic rings. The molecule has 0 atom stereocenters. The number of anilines is 1. The summed E-state index contributed by atoms with van der Waals surface area (Å²) in [4.78, 5) is 4.27. The van der Waals surface area contributed by atoms with Gasteiger partial charge in [0.2, 0.25) is 0 Å². The van der Waals surface area contributed by atoms with E-state index in [1.807, 2.05) is 54.0 Å². The minimum absolute atomic E-state index is 0.740. The van der Waals surface area contributed by atoms with Crippen molar-refractivity contribution in [3.05, 3.63) is 54.0 Å². The summed E-state index contributed by atoms with van der Waals surface area (Å²) in [5.41, 5.74) is 1.74. The van der Waals surface area contributed by atoms with Crippen LogP contribution in [0.4, 0.5) is 5.82 Å². The maximum absolute atomic E-state index is 4.62. The van der Waals surface area contributed by atoms with Crippen LogP contribution < -0.4 is 5.32 Å². The highest BCUT2D eigenvalue weighted by atomic mass is 32.2. The summed E-state index contributed by atoms with van der Waals surface area (Å²) < 4.78 is 2.90. The minimum Gasteiger partial charge on any atom is -0.369 e. The summed E-state index contributed by atoms with van der Waals surface area (Å²) >= 11 is 3.47. The van der Waals surface area contributed by atoms with Crippen molar-refractivity contribution in [1.29, 1.82) is 0 Å². The molecule has 0 spiro atoms. The second kappa shape index (κ2) is 7.62. The minimum atomic E-state index is 0.740. The first-order valence-electron chi connectivity index (χ1n) is 7.94. The van der Waals surface area contributed by atoms with E-state index in [1.165, 1.54) is 0 Å². The molecule has 126 valence electrons. The molecule has 3 aromatic heterocycles. The average molecular weight is 368 g/mol. The number of aromatic nitrogens is 5. The van der Waals surface area contributed by atoms with Gasteiger partial charge in [-0.25, -0.2) is 4.98 Å². The second-order valence-electron chi connectivity index (χ2n) is 5.31. The summed E-state index contributed by atoms with van der Waals surface area (Å²) in [7, 11) is 0. The van der Waals surface area contributed by atoms with E-state index in [0.717, 1.165) is 45.9 Å².